The van der Waals surface area contributed by atoms with Crippen molar-refractivity contribution in [1.82, 2.24) is 9.55 Å². The normalized spacial score (nSPS) is 18.1. The van der Waals surface area contributed by atoms with Gasteiger partial charge in [-0.05, 0) is 36.8 Å². The molecule has 1 N–H and O–H groups in total. The van der Waals surface area contributed by atoms with Crippen LogP contribution in [0.4, 0.5) is 5.95 Å². The van der Waals surface area contributed by atoms with E-state index in [0.29, 0.717) is 6.04 Å². The minimum Gasteiger partial charge on any atom is -0.356 e. The maximum atomic E-state index is 4.45. The number of aromatic nitrogens is 2. The quantitative estimate of drug-likeness (QED) is 0.904. The number of anilines is 1. The monoisotopic (exact) mass is 255 g/mol. The van der Waals surface area contributed by atoms with Crippen LogP contribution in [0, 0.1) is 0 Å². The maximum Gasteiger partial charge on any atom is 0.203 e. The fourth-order valence-corrected chi connectivity index (χ4v) is 2.96. The van der Waals surface area contributed by atoms with E-state index in [-0.39, 0.29) is 0 Å². The van der Waals surface area contributed by atoms with Gasteiger partial charge < -0.3 is 9.88 Å². The van der Waals surface area contributed by atoms with Gasteiger partial charge in [-0.15, -0.1) is 0 Å². The van der Waals surface area contributed by atoms with Crippen LogP contribution in [0.25, 0.3) is 0 Å². The summed E-state index contributed by atoms with van der Waals surface area (Å²) in [7, 11) is 0. The summed E-state index contributed by atoms with van der Waals surface area (Å²) in [6.45, 7) is 3.15. The van der Waals surface area contributed by atoms with E-state index in [1.807, 2.05) is 6.20 Å². The number of imidazole rings is 1. The highest BCUT2D eigenvalue weighted by molar-refractivity contribution is 5.36. The van der Waals surface area contributed by atoms with Crippen LogP contribution in [0.2, 0.25) is 0 Å². The maximum absolute atomic E-state index is 4.45. The van der Waals surface area contributed by atoms with Gasteiger partial charge in [0.15, 0.2) is 0 Å². The predicted octanol–water partition coefficient (Wildman–Crippen LogP) is 3.63. The Bertz CT molecular complexity index is 544. The molecule has 1 heterocycles. The number of rotatable bonds is 4. The summed E-state index contributed by atoms with van der Waals surface area (Å²) in [5.74, 6) is 1.00. The first kappa shape index (κ1) is 12.3. The molecule has 1 aliphatic carbocycles. The zero-order valence-corrected chi connectivity index (χ0v) is 11.5. The molecule has 0 saturated heterocycles. The molecule has 1 aromatic carbocycles. The minimum atomic E-state index is 0.437. The van der Waals surface area contributed by atoms with Gasteiger partial charge in [-0.2, -0.15) is 0 Å². The molecule has 0 saturated carbocycles. The molecule has 3 heteroatoms. The summed E-state index contributed by atoms with van der Waals surface area (Å²) >= 11 is 0. The molecule has 19 heavy (non-hydrogen) atoms. The van der Waals surface area contributed by atoms with E-state index < -0.39 is 0 Å². The van der Waals surface area contributed by atoms with Crippen LogP contribution in [0.1, 0.15) is 43.4 Å². The number of hydrogen-bond donors (Lipinski definition) is 1. The van der Waals surface area contributed by atoms with Gasteiger partial charge >= 0.3 is 0 Å². The summed E-state index contributed by atoms with van der Waals surface area (Å²) < 4.78 is 2.30. The first-order valence-corrected chi connectivity index (χ1v) is 7.24. The van der Waals surface area contributed by atoms with E-state index in [1.165, 1.54) is 30.4 Å². The number of benzene rings is 1. The number of nitrogens with zero attached hydrogens (tertiary/aromatic N) is 2. The molecule has 100 valence electrons. The molecule has 3 rings (SSSR count). The largest absolute Gasteiger partial charge is 0.356 e. The summed E-state index contributed by atoms with van der Waals surface area (Å²) in [6, 6.07) is 9.26. The van der Waals surface area contributed by atoms with Crippen LogP contribution < -0.4 is 5.32 Å². The molecule has 0 radical (unpaired) electrons. The molecular weight excluding hydrogens is 234 g/mol. The Morgan fingerprint density at radius 2 is 2.26 bits per heavy atom. The lowest BCUT2D eigenvalue weighted by Gasteiger charge is -2.27. The predicted molar refractivity (Wildman–Crippen MR) is 78.5 cm³/mol. The summed E-state index contributed by atoms with van der Waals surface area (Å²) in [4.78, 5) is 4.45. The van der Waals surface area contributed by atoms with E-state index in [0.717, 1.165) is 18.9 Å². The van der Waals surface area contributed by atoms with Crippen molar-refractivity contribution in [1.29, 1.82) is 0 Å². The van der Waals surface area contributed by atoms with Gasteiger partial charge in [-0.3, -0.25) is 0 Å². The lowest BCUT2D eigenvalue weighted by Crippen LogP contribution is -2.19. The van der Waals surface area contributed by atoms with Crippen LogP contribution in [-0.2, 0) is 6.42 Å². The van der Waals surface area contributed by atoms with Crippen molar-refractivity contribution in [2.45, 2.75) is 38.6 Å². The lowest BCUT2D eigenvalue weighted by atomic mass is 9.87. The van der Waals surface area contributed by atoms with Crippen molar-refractivity contribution in [3.8, 4) is 0 Å². The second-order valence-electron chi connectivity index (χ2n) is 5.19. The van der Waals surface area contributed by atoms with Gasteiger partial charge in [0.25, 0.3) is 0 Å². The lowest BCUT2D eigenvalue weighted by molar-refractivity contribution is 0.493. The number of aryl methyl sites for hydroxylation is 1. The molecule has 0 fully saturated rings. The highest BCUT2D eigenvalue weighted by Gasteiger charge is 2.22. The highest BCUT2D eigenvalue weighted by atomic mass is 15.2. The topological polar surface area (TPSA) is 29.9 Å². The highest BCUT2D eigenvalue weighted by Crippen LogP contribution is 2.34. The molecular formula is C16H21N3. The first-order valence-electron chi connectivity index (χ1n) is 7.24. The molecule has 1 unspecified atom stereocenters. The van der Waals surface area contributed by atoms with Crippen molar-refractivity contribution in [2.75, 3.05) is 11.9 Å². The molecule has 3 nitrogen and oxygen atoms in total. The molecule has 1 aromatic heterocycles. The molecule has 0 bridgehead atoms. The summed E-state index contributed by atoms with van der Waals surface area (Å²) in [5.41, 5.74) is 2.96. The SMILES string of the molecule is CCCNc1nccn1C1CCCc2ccccc21. The number of hydrogen-bond acceptors (Lipinski definition) is 2. The minimum absolute atomic E-state index is 0.437. The zero-order valence-electron chi connectivity index (χ0n) is 11.5. The fraction of sp³-hybridized carbons (Fsp3) is 0.438. The Morgan fingerprint density at radius 3 is 3.16 bits per heavy atom. The zero-order chi connectivity index (χ0) is 13.1. The third kappa shape index (κ3) is 2.37. The first-order chi connectivity index (χ1) is 9.40. The van der Waals surface area contributed by atoms with Crippen LogP contribution in [0.5, 0.6) is 0 Å². The smallest absolute Gasteiger partial charge is 0.203 e. The van der Waals surface area contributed by atoms with E-state index in [9.17, 15) is 0 Å². The average molecular weight is 255 g/mol. The van der Waals surface area contributed by atoms with E-state index >= 15 is 0 Å². The van der Waals surface area contributed by atoms with Crippen molar-refractivity contribution >= 4 is 5.95 Å². The third-order valence-corrected chi connectivity index (χ3v) is 3.88. The van der Waals surface area contributed by atoms with Crippen LogP contribution in [0.15, 0.2) is 36.7 Å². The van der Waals surface area contributed by atoms with Crippen LogP contribution >= 0.6 is 0 Å². The summed E-state index contributed by atoms with van der Waals surface area (Å²) in [6.07, 6.45) is 8.79. The molecule has 1 aliphatic rings. The van der Waals surface area contributed by atoms with Crippen molar-refractivity contribution in [3.63, 3.8) is 0 Å². The second kappa shape index (κ2) is 5.47. The second-order valence-corrected chi connectivity index (χ2v) is 5.19. The summed E-state index contributed by atoms with van der Waals surface area (Å²) in [5, 5.41) is 3.42. The standard InChI is InChI=1S/C16H21N3/c1-2-10-17-16-18-11-12-19(16)15-9-5-7-13-6-3-4-8-14(13)15/h3-4,6,8,11-12,15H,2,5,7,9-10H2,1H3,(H,17,18). The number of fused-ring (bicyclic) bond motifs is 1. The van der Waals surface area contributed by atoms with Gasteiger partial charge in [0.2, 0.25) is 5.95 Å². The van der Waals surface area contributed by atoms with Crippen molar-refractivity contribution < 1.29 is 0 Å². The number of nitrogens with one attached hydrogen (secondary N) is 1. The molecule has 2 aromatic rings. The van der Waals surface area contributed by atoms with Gasteiger partial charge in [0.1, 0.15) is 0 Å². The Morgan fingerprint density at radius 1 is 1.37 bits per heavy atom. The Hall–Kier alpha value is -1.77. The molecule has 0 spiro atoms. The fourth-order valence-electron chi connectivity index (χ4n) is 2.96. The van der Waals surface area contributed by atoms with Crippen molar-refractivity contribution in [3.05, 3.63) is 47.8 Å². The van der Waals surface area contributed by atoms with Gasteiger partial charge in [0, 0.05) is 18.9 Å². The Kier molecular flexibility index (Phi) is 3.53. The van der Waals surface area contributed by atoms with Crippen molar-refractivity contribution in [2.24, 2.45) is 0 Å². The van der Waals surface area contributed by atoms with Gasteiger partial charge in [-0.1, -0.05) is 31.2 Å². The van der Waals surface area contributed by atoms with E-state index in [4.69, 9.17) is 0 Å². The molecule has 0 aliphatic heterocycles. The van der Waals surface area contributed by atoms with Gasteiger partial charge in [0.05, 0.1) is 6.04 Å². The van der Waals surface area contributed by atoms with Crippen LogP contribution in [0.3, 0.4) is 0 Å². The third-order valence-electron chi connectivity index (χ3n) is 3.88. The molecule has 1 atom stereocenters. The Balaban J connectivity index is 1.93. The van der Waals surface area contributed by atoms with E-state index in [1.54, 1.807) is 0 Å². The Labute approximate surface area is 114 Å². The molecule has 0 amide bonds. The van der Waals surface area contributed by atoms with Gasteiger partial charge in [-0.25, -0.2) is 4.98 Å². The van der Waals surface area contributed by atoms with E-state index in [2.05, 4.69) is 52.3 Å². The average Bonchev–Trinajstić information content (AvgIpc) is 2.92. The van der Waals surface area contributed by atoms with Crippen LogP contribution in [-0.4, -0.2) is 16.1 Å².